The summed E-state index contributed by atoms with van der Waals surface area (Å²) in [6.45, 7) is 3.94. The zero-order chi connectivity index (χ0) is 46.2. The zero-order valence-electron chi connectivity index (χ0n) is 38.6. The molecule has 0 aliphatic heterocycles. The number of carbonyl (C=O) groups is 3. The first-order chi connectivity index (χ1) is 29.6. The Kier molecular flexibility index (Phi) is 39.6. The fourth-order valence-electron chi connectivity index (χ4n) is 6.57. The molecule has 0 amide bonds. The molecule has 0 radical (unpaired) electrons. The van der Waals surface area contributed by atoms with Crippen LogP contribution in [-0.2, 0) is 46.6 Å². The topological polar surface area (TPSA) is 212 Å². The standard InChI is InChI=1S/C46H86O14P2/c1-4-5-6-7-18-23-28-33-42(47)34-29-24-21-26-30-35-45(49)56-39-44(40-59-62(54,55)58-38-43(48)37-57-61(51,52)53)60-46(50)36-31-25-20-17-15-13-11-9-8-10-12-14-16-19-22-27-32-41(2)3/h18,23,28,33,41,43-44,48H,4-17,19-22,24-27,29-32,34-40H2,1-3H3,(H,54,55)(H2,51,52,53)/b23-18-,33-28+/t43-,44+/m0/s1. The molecular formula is C46H86O14P2. The molecule has 0 aromatic rings. The van der Waals surface area contributed by atoms with Crippen LogP contribution in [-0.4, -0.2) is 76.1 Å². The van der Waals surface area contributed by atoms with Crippen LogP contribution in [0.15, 0.2) is 24.3 Å². The third-order valence-electron chi connectivity index (χ3n) is 10.2. The van der Waals surface area contributed by atoms with E-state index in [4.69, 9.17) is 23.8 Å². The van der Waals surface area contributed by atoms with Gasteiger partial charge in [0.1, 0.15) is 12.7 Å². The number of phosphoric ester groups is 2. The van der Waals surface area contributed by atoms with E-state index in [2.05, 4.69) is 35.9 Å². The zero-order valence-corrected chi connectivity index (χ0v) is 40.4. The predicted octanol–water partition coefficient (Wildman–Crippen LogP) is 11.7. The van der Waals surface area contributed by atoms with Crippen LogP contribution in [0.3, 0.4) is 0 Å². The van der Waals surface area contributed by atoms with Gasteiger partial charge in [-0.25, -0.2) is 9.13 Å². The van der Waals surface area contributed by atoms with Crippen molar-refractivity contribution in [1.82, 2.24) is 0 Å². The van der Waals surface area contributed by atoms with Crippen LogP contribution in [0.1, 0.15) is 207 Å². The minimum atomic E-state index is -4.88. The molecule has 0 bridgehead atoms. The molecule has 0 saturated heterocycles. The molecule has 0 saturated carbocycles. The second kappa shape index (κ2) is 40.8. The van der Waals surface area contributed by atoms with Crippen molar-refractivity contribution in [2.24, 2.45) is 5.92 Å². The van der Waals surface area contributed by atoms with E-state index in [1.165, 1.54) is 96.3 Å². The largest absolute Gasteiger partial charge is 0.472 e. The number of aliphatic hydroxyl groups is 1. The summed E-state index contributed by atoms with van der Waals surface area (Å²) in [7, 11) is -9.71. The van der Waals surface area contributed by atoms with E-state index < -0.39 is 66.2 Å². The van der Waals surface area contributed by atoms with Crippen molar-refractivity contribution < 1.29 is 66.3 Å². The van der Waals surface area contributed by atoms with Crippen molar-refractivity contribution >= 4 is 33.4 Å². The van der Waals surface area contributed by atoms with E-state index in [-0.39, 0.29) is 18.6 Å². The van der Waals surface area contributed by atoms with Gasteiger partial charge in [0.05, 0.1) is 19.8 Å². The number of hydrogen-bond donors (Lipinski definition) is 4. The molecule has 14 nitrogen and oxygen atoms in total. The summed E-state index contributed by atoms with van der Waals surface area (Å²) >= 11 is 0. The SMILES string of the molecule is CCCCC/C=C\C=C\C(=O)CCCCCCCC(=O)OC[C@H](COP(=O)(O)OC[C@@H](O)COP(=O)(O)O)OC(=O)CCCCCCCCCCCCCCCCCCC(C)C. The van der Waals surface area contributed by atoms with Gasteiger partial charge in [0.25, 0.3) is 0 Å². The van der Waals surface area contributed by atoms with Gasteiger partial charge in [0, 0.05) is 19.3 Å². The predicted molar refractivity (Wildman–Crippen MR) is 244 cm³/mol. The lowest BCUT2D eigenvalue weighted by atomic mass is 10.0. The van der Waals surface area contributed by atoms with Crippen LogP contribution < -0.4 is 0 Å². The van der Waals surface area contributed by atoms with Crippen LogP contribution in [0.4, 0.5) is 0 Å². The fraction of sp³-hybridized carbons (Fsp3) is 0.848. The minimum Gasteiger partial charge on any atom is -0.462 e. The molecule has 0 aromatic carbocycles. The summed E-state index contributed by atoms with van der Waals surface area (Å²) in [5.41, 5.74) is 0. The summed E-state index contributed by atoms with van der Waals surface area (Å²) in [4.78, 5) is 64.8. The number of esters is 2. The van der Waals surface area contributed by atoms with E-state index in [0.717, 1.165) is 63.7 Å². The summed E-state index contributed by atoms with van der Waals surface area (Å²) in [5.74, 6) is -0.210. The lowest BCUT2D eigenvalue weighted by Gasteiger charge is -2.20. The Morgan fingerprint density at radius 2 is 1.02 bits per heavy atom. The highest BCUT2D eigenvalue weighted by Crippen LogP contribution is 2.43. The Morgan fingerprint density at radius 3 is 1.53 bits per heavy atom. The van der Waals surface area contributed by atoms with Gasteiger partial charge in [-0.3, -0.25) is 28.0 Å². The maximum Gasteiger partial charge on any atom is 0.472 e. The molecule has 0 fully saturated rings. The summed E-state index contributed by atoms with van der Waals surface area (Å²) in [5, 5.41) is 9.76. The Bertz CT molecular complexity index is 1270. The molecule has 0 spiro atoms. The highest BCUT2D eigenvalue weighted by atomic mass is 31.2. The second-order valence-corrected chi connectivity index (χ2v) is 19.6. The number of phosphoric acid groups is 2. The van der Waals surface area contributed by atoms with E-state index in [1.54, 1.807) is 12.2 Å². The molecule has 0 aliphatic carbocycles. The van der Waals surface area contributed by atoms with E-state index >= 15 is 0 Å². The third kappa shape index (κ3) is 44.9. The second-order valence-electron chi connectivity index (χ2n) is 16.9. The Morgan fingerprint density at radius 1 is 0.548 bits per heavy atom. The average molecular weight is 925 g/mol. The maximum atomic E-state index is 12.7. The number of unbranched alkanes of at least 4 members (excludes halogenated alkanes) is 22. The Hall–Kier alpha value is -1.73. The third-order valence-corrected chi connectivity index (χ3v) is 11.7. The normalized spacial score (nSPS) is 14.1. The number of carbonyl (C=O) groups excluding carboxylic acids is 3. The van der Waals surface area contributed by atoms with Crippen molar-refractivity contribution in [3.8, 4) is 0 Å². The molecule has 16 heteroatoms. The number of hydrogen-bond acceptors (Lipinski definition) is 11. The van der Waals surface area contributed by atoms with E-state index in [1.807, 2.05) is 6.08 Å². The molecule has 0 aliphatic rings. The summed E-state index contributed by atoms with van der Waals surface area (Å²) in [6.07, 6.45) is 34.2. The van der Waals surface area contributed by atoms with Crippen molar-refractivity contribution in [2.75, 3.05) is 26.4 Å². The quantitative estimate of drug-likeness (QED) is 0.0147. The Labute approximate surface area is 374 Å². The first-order valence-corrected chi connectivity index (χ1v) is 26.9. The van der Waals surface area contributed by atoms with Crippen LogP contribution in [0.2, 0.25) is 0 Å². The molecular weight excluding hydrogens is 838 g/mol. The van der Waals surface area contributed by atoms with Crippen molar-refractivity contribution in [3.05, 3.63) is 24.3 Å². The molecule has 3 atom stereocenters. The van der Waals surface area contributed by atoms with E-state index in [9.17, 15) is 33.5 Å². The number of ketones is 1. The molecule has 62 heavy (non-hydrogen) atoms. The van der Waals surface area contributed by atoms with Crippen LogP contribution in [0, 0.1) is 5.92 Å². The van der Waals surface area contributed by atoms with E-state index in [0.29, 0.717) is 19.3 Å². The van der Waals surface area contributed by atoms with Gasteiger partial charge in [-0.05, 0) is 44.1 Å². The van der Waals surface area contributed by atoms with Gasteiger partial charge in [-0.15, -0.1) is 0 Å². The molecule has 364 valence electrons. The van der Waals surface area contributed by atoms with Crippen molar-refractivity contribution in [3.63, 3.8) is 0 Å². The highest BCUT2D eigenvalue weighted by molar-refractivity contribution is 7.47. The van der Waals surface area contributed by atoms with Gasteiger partial charge in [0.2, 0.25) is 0 Å². The summed E-state index contributed by atoms with van der Waals surface area (Å²) in [6, 6.07) is 0. The smallest absolute Gasteiger partial charge is 0.462 e. The van der Waals surface area contributed by atoms with Gasteiger partial charge < -0.3 is 29.3 Å². The van der Waals surface area contributed by atoms with Gasteiger partial charge in [0.15, 0.2) is 11.9 Å². The van der Waals surface area contributed by atoms with Gasteiger partial charge in [-0.1, -0.05) is 174 Å². The number of allylic oxidation sites excluding steroid dienone is 4. The first-order valence-electron chi connectivity index (χ1n) is 23.8. The lowest BCUT2D eigenvalue weighted by Crippen LogP contribution is -2.30. The van der Waals surface area contributed by atoms with Crippen LogP contribution >= 0.6 is 15.6 Å². The number of aliphatic hydroxyl groups excluding tert-OH is 1. The average Bonchev–Trinajstić information content (AvgIpc) is 3.21. The minimum absolute atomic E-state index is 0.0887. The Balaban J connectivity index is 4.50. The molecule has 0 heterocycles. The van der Waals surface area contributed by atoms with Crippen LogP contribution in [0.25, 0.3) is 0 Å². The highest BCUT2D eigenvalue weighted by Gasteiger charge is 2.28. The molecule has 0 rings (SSSR count). The van der Waals surface area contributed by atoms with Gasteiger partial charge in [-0.2, -0.15) is 0 Å². The molecule has 1 unspecified atom stereocenters. The first kappa shape index (κ1) is 60.3. The lowest BCUT2D eigenvalue weighted by molar-refractivity contribution is -0.161. The van der Waals surface area contributed by atoms with Crippen molar-refractivity contribution in [1.29, 1.82) is 0 Å². The fourth-order valence-corrected chi connectivity index (χ4v) is 7.73. The maximum absolute atomic E-state index is 12.7. The molecule has 0 aromatic heterocycles. The van der Waals surface area contributed by atoms with Crippen molar-refractivity contribution in [2.45, 2.75) is 219 Å². The summed E-state index contributed by atoms with van der Waals surface area (Å²) < 4.78 is 47.8. The monoisotopic (exact) mass is 925 g/mol. The number of rotatable bonds is 45. The number of ether oxygens (including phenoxy) is 2. The van der Waals surface area contributed by atoms with Crippen LogP contribution in [0.5, 0.6) is 0 Å². The molecule has 4 N–H and O–H groups in total. The van der Waals surface area contributed by atoms with Gasteiger partial charge >= 0.3 is 27.6 Å².